The predicted octanol–water partition coefficient (Wildman–Crippen LogP) is 1.96. The molecule has 1 atom stereocenters. The van der Waals surface area contributed by atoms with Crippen LogP contribution in [0, 0.1) is 0 Å². The van der Waals surface area contributed by atoms with Crippen LogP contribution < -0.4 is 10.1 Å². The van der Waals surface area contributed by atoms with E-state index in [0.717, 1.165) is 12.4 Å². The molecule has 2 heterocycles. The van der Waals surface area contributed by atoms with E-state index in [2.05, 4.69) is 27.2 Å². The molecule has 1 unspecified atom stereocenters. The lowest BCUT2D eigenvalue weighted by Crippen LogP contribution is -2.22. The maximum atomic E-state index is 5.54. The summed E-state index contributed by atoms with van der Waals surface area (Å²) in [5.41, 5.74) is 0. The lowest BCUT2D eigenvalue weighted by molar-refractivity contribution is 0.232. The first-order chi connectivity index (χ1) is 9.13. The molecule has 6 heteroatoms. The third-order valence-electron chi connectivity index (χ3n) is 2.44. The van der Waals surface area contributed by atoms with Gasteiger partial charge in [-0.05, 0) is 20.8 Å². The van der Waals surface area contributed by atoms with E-state index in [0.29, 0.717) is 5.88 Å². The Hall–Kier alpha value is -2.11. The summed E-state index contributed by atoms with van der Waals surface area (Å²) in [6.45, 7) is 6.85. The summed E-state index contributed by atoms with van der Waals surface area (Å²) < 4.78 is 7.55. The summed E-state index contributed by atoms with van der Waals surface area (Å²) in [4.78, 5) is 12.3. The number of ether oxygens (including phenoxy) is 1. The first-order valence-corrected chi connectivity index (χ1v) is 6.34. The van der Waals surface area contributed by atoms with Gasteiger partial charge in [0, 0.05) is 31.0 Å². The van der Waals surface area contributed by atoms with Crippen LogP contribution in [0.5, 0.6) is 5.88 Å². The Bertz CT molecular complexity index is 497. The van der Waals surface area contributed by atoms with Gasteiger partial charge in [0.05, 0.1) is 12.4 Å². The molecule has 0 saturated carbocycles. The highest BCUT2D eigenvalue weighted by Crippen LogP contribution is 2.13. The largest absolute Gasteiger partial charge is 0.475 e. The van der Waals surface area contributed by atoms with Gasteiger partial charge in [0.25, 0.3) is 0 Å². The Labute approximate surface area is 112 Å². The fraction of sp³-hybridized carbons (Fsp3) is 0.462. The summed E-state index contributed by atoms with van der Waals surface area (Å²) >= 11 is 0. The highest BCUT2D eigenvalue weighted by Gasteiger charge is 2.06. The summed E-state index contributed by atoms with van der Waals surface area (Å²) in [6.07, 6.45) is 7.11. The van der Waals surface area contributed by atoms with Gasteiger partial charge in [0.15, 0.2) is 0 Å². The van der Waals surface area contributed by atoms with Crippen molar-refractivity contribution < 1.29 is 4.74 Å². The van der Waals surface area contributed by atoms with Crippen LogP contribution >= 0.6 is 0 Å². The molecule has 0 aliphatic carbocycles. The Kier molecular flexibility index (Phi) is 4.33. The number of nitrogens with zero attached hydrogens (tertiary/aromatic N) is 4. The zero-order chi connectivity index (χ0) is 13.7. The van der Waals surface area contributed by atoms with Crippen molar-refractivity contribution in [1.82, 2.24) is 19.5 Å². The summed E-state index contributed by atoms with van der Waals surface area (Å²) in [6, 6.07) is 2.04. The molecule has 6 nitrogen and oxygen atoms in total. The van der Waals surface area contributed by atoms with E-state index in [9.17, 15) is 0 Å². The number of hydrogen-bond donors (Lipinski definition) is 1. The van der Waals surface area contributed by atoms with Gasteiger partial charge in [0.2, 0.25) is 5.88 Å². The summed E-state index contributed by atoms with van der Waals surface area (Å²) in [5, 5.41) is 3.31. The molecule has 19 heavy (non-hydrogen) atoms. The quantitative estimate of drug-likeness (QED) is 0.861. The summed E-state index contributed by atoms with van der Waals surface area (Å²) in [5.74, 6) is 1.35. The number of anilines is 1. The monoisotopic (exact) mass is 261 g/mol. The van der Waals surface area contributed by atoms with Gasteiger partial charge < -0.3 is 14.6 Å². The van der Waals surface area contributed by atoms with Crippen LogP contribution in [0.2, 0.25) is 0 Å². The Morgan fingerprint density at radius 1 is 1.32 bits per heavy atom. The van der Waals surface area contributed by atoms with E-state index in [1.807, 2.05) is 30.7 Å². The second-order valence-corrected chi connectivity index (χ2v) is 4.71. The minimum Gasteiger partial charge on any atom is -0.475 e. The average molecular weight is 261 g/mol. The normalized spacial score (nSPS) is 12.4. The second kappa shape index (κ2) is 6.17. The van der Waals surface area contributed by atoms with Gasteiger partial charge in [-0.2, -0.15) is 0 Å². The van der Waals surface area contributed by atoms with E-state index < -0.39 is 0 Å². The van der Waals surface area contributed by atoms with Crippen molar-refractivity contribution in [2.24, 2.45) is 0 Å². The van der Waals surface area contributed by atoms with Gasteiger partial charge in [-0.15, -0.1) is 0 Å². The number of nitrogens with one attached hydrogen (secondary N) is 1. The molecule has 2 rings (SSSR count). The van der Waals surface area contributed by atoms with E-state index in [1.54, 1.807) is 12.5 Å². The highest BCUT2D eigenvalue weighted by molar-refractivity contribution is 5.37. The molecular weight excluding hydrogens is 242 g/mol. The minimum absolute atomic E-state index is 0.103. The lowest BCUT2D eigenvalue weighted by Gasteiger charge is -2.15. The van der Waals surface area contributed by atoms with Crippen LogP contribution in [0.3, 0.4) is 0 Å². The Morgan fingerprint density at radius 2 is 2.16 bits per heavy atom. The van der Waals surface area contributed by atoms with Crippen LogP contribution in [0.1, 0.15) is 20.8 Å². The Balaban J connectivity index is 1.94. The van der Waals surface area contributed by atoms with E-state index in [-0.39, 0.29) is 12.1 Å². The van der Waals surface area contributed by atoms with Gasteiger partial charge in [-0.3, -0.25) is 0 Å². The van der Waals surface area contributed by atoms with E-state index in [4.69, 9.17) is 4.74 Å². The first-order valence-electron chi connectivity index (χ1n) is 6.34. The predicted molar refractivity (Wildman–Crippen MR) is 73.1 cm³/mol. The van der Waals surface area contributed by atoms with Crippen molar-refractivity contribution in [2.75, 3.05) is 5.32 Å². The fourth-order valence-corrected chi connectivity index (χ4v) is 1.73. The van der Waals surface area contributed by atoms with Gasteiger partial charge in [-0.25, -0.2) is 15.0 Å². The standard InChI is InChI=1S/C13H19N5O/c1-10(2)19-13-6-12(15-8-16-13)17-11(3)7-18-5-4-14-9-18/h4-6,8-11H,7H2,1-3H3,(H,15,16,17). The van der Waals surface area contributed by atoms with Gasteiger partial charge in [0.1, 0.15) is 12.1 Å². The summed E-state index contributed by atoms with van der Waals surface area (Å²) in [7, 11) is 0. The number of rotatable bonds is 6. The van der Waals surface area contributed by atoms with Crippen molar-refractivity contribution in [1.29, 1.82) is 0 Å². The molecule has 1 N–H and O–H groups in total. The van der Waals surface area contributed by atoms with Crippen LogP contribution in [-0.2, 0) is 6.54 Å². The SMILES string of the molecule is CC(Cn1ccnc1)Nc1cc(OC(C)C)ncn1. The van der Waals surface area contributed by atoms with E-state index in [1.165, 1.54) is 6.33 Å². The third-order valence-corrected chi connectivity index (χ3v) is 2.44. The molecule has 2 aromatic rings. The second-order valence-electron chi connectivity index (χ2n) is 4.71. The van der Waals surface area contributed by atoms with Gasteiger partial charge in [-0.1, -0.05) is 0 Å². The van der Waals surface area contributed by atoms with Crippen molar-refractivity contribution in [3.8, 4) is 5.88 Å². The molecule has 0 radical (unpaired) electrons. The van der Waals surface area contributed by atoms with Crippen molar-refractivity contribution in [3.63, 3.8) is 0 Å². The number of hydrogen-bond acceptors (Lipinski definition) is 5. The fourth-order valence-electron chi connectivity index (χ4n) is 1.73. The third kappa shape index (κ3) is 4.24. The molecule has 0 saturated heterocycles. The molecule has 102 valence electrons. The maximum absolute atomic E-state index is 5.54. The van der Waals surface area contributed by atoms with Crippen LogP contribution in [-0.4, -0.2) is 31.7 Å². The van der Waals surface area contributed by atoms with Crippen molar-refractivity contribution >= 4 is 5.82 Å². The average Bonchev–Trinajstić information content (AvgIpc) is 2.81. The Morgan fingerprint density at radius 3 is 2.84 bits per heavy atom. The molecule has 0 aliphatic rings. The van der Waals surface area contributed by atoms with Crippen molar-refractivity contribution in [3.05, 3.63) is 31.1 Å². The van der Waals surface area contributed by atoms with Crippen molar-refractivity contribution in [2.45, 2.75) is 39.5 Å². The number of aromatic nitrogens is 4. The molecule has 0 fully saturated rings. The van der Waals surface area contributed by atoms with Gasteiger partial charge >= 0.3 is 0 Å². The molecule has 2 aromatic heterocycles. The van der Waals surface area contributed by atoms with Crippen LogP contribution in [0.25, 0.3) is 0 Å². The van der Waals surface area contributed by atoms with Crippen LogP contribution in [0.4, 0.5) is 5.82 Å². The maximum Gasteiger partial charge on any atom is 0.218 e. The smallest absolute Gasteiger partial charge is 0.218 e. The molecule has 0 spiro atoms. The molecule has 0 amide bonds. The zero-order valence-corrected chi connectivity index (χ0v) is 11.4. The lowest BCUT2D eigenvalue weighted by atomic mass is 10.3. The first kappa shape index (κ1) is 13.3. The topological polar surface area (TPSA) is 64.9 Å². The van der Waals surface area contributed by atoms with E-state index >= 15 is 0 Å². The molecule has 0 aromatic carbocycles. The zero-order valence-electron chi connectivity index (χ0n) is 11.4. The molecule has 0 bridgehead atoms. The number of imidazole rings is 1. The molecular formula is C13H19N5O. The highest BCUT2D eigenvalue weighted by atomic mass is 16.5. The minimum atomic E-state index is 0.103. The van der Waals surface area contributed by atoms with Crippen LogP contribution in [0.15, 0.2) is 31.1 Å². The molecule has 0 aliphatic heterocycles.